The predicted octanol–water partition coefficient (Wildman–Crippen LogP) is -0.478. The van der Waals surface area contributed by atoms with Crippen molar-refractivity contribution in [1.82, 2.24) is 0 Å². The van der Waals surface area contributed by atoms with Gasteiger partial charge in [0.1, 0.15) is 30.0 Å². The van der Waals surface area contributed by atoms with E-state index in [4.69, 9.17) is 28.4 Å². The van der Waals surface area contributed by atoms with Crippen LogP contribution in [0.25, 0.3) is 0 Å². The van der Waals surface area contributed by atoms with Crippen molar-refractivity contribution in [1.29, 1.82) is 0 Å². The second-order valence-electron chi connectivity index (χ2n) is 10.6. The van der Waals surface area contributed by atoms with Crippen LogP contribution >= 0.6 is 0 Å². The fraction of sp³-hybridized carbons (Fsp3) is 0.800. The van der Waals surface area contributed by atoms with Gasteiger partial charge in [0.2, 0.25) is 6.29 Å². The molecule has 2 heterocycles. The molecule has 0 aromatic rings. The van der Waals surface area contributed by atoms with Crippen molar-refractivity contribution in [2.45, 2.75) is 96.2 Å². The summed E-state index contributed by atoms with van der Waals surface area (Å²) in [6.07, 6.45) is -7.50. The van der Waals surface area contributed by atoms with Gasteiger partial charge in [-0.15, -0.1) is 0 Å². The van der Waals surface area contributed by atoms with Gasteiger partial charge in [0, 0.05) is 26.2 Å². The molecule has 1 saturated heterocycles. The lowest BCUT2D eigenvalue weighted by Gasteiger charge is -2.42. The third kappa shape index (κ3) is 6.64. The van der Waals surface area contributed by atoms with Gasteiger partial charge in [-0.3, -0.25) is 14.4 Å². The Hall–Kier alpha value is -2.29. The van der Waals surface area contributed by atoms with Gasteiger partial charge in [0.15, 0.2) is 12.4 Å². The lowest BCUT2D eigenvalue weighted by molar-refractivity contribution is -0.302. The summed E-state index contributed by atoms with van der Waals surface area (Å²) in [5.41, 5.74) is -1.13. The lowest BCUT2D eigenvalue weighted by atomic mass is 9.81. The van der Waals surface area contributed by atoms with Crippen LogP contribution in [0.4, 0.5) is 0 Å². The molecule has 2 fully saturated rings. The highest BCUT2D eigenvalue weighted by atomic mass is 16.7. The maximum atomic E-state index is 12.4. The van der Waals surface area contributed by atoms with Gasteiger partial charge in [-0.05, 0) is 24.8 Å². The molecule has 0 unspecified atom stereocenters. The van der Waals surface area contributed by atoms with Crippen LogP contribution in [0, 0.1) is 17.8 Å². The van der Waals surface area contributed by atoms with Crippen LogP contribution in [-0.4, -0.2) is 100 Å². The number of esters is 3. The Kier molecular flexibility index (Phi) is 9.76. The van der Waals surface area contributed by atoms with Crippen molar-refractivity contribution in [2.75, 3.05) is 13.2 Å². The molecule has 3 rings (SSSR count). The molecule has 10 atom stereocenters. The fourth-order valence-corrected chi connectivity index (χ4v) is 5.22. The Bertz CT molecular complexity index is 900. The molecular formula is C25H38O13. The first kappa shape index (κ1) is 30.3. The SMILES string of the molecule is CC(=O)O[C@H]1[C@H](OCC2=CO[C@@H](OC(=O)CC(C)C)[C@H]3[C@@H]2C[C@H](OC(C)=O)[C@@]3(C)O)O[C@H](CO)[C@@H](O)[C@@H]1O. The quantitative estimate of drug-likeness (QED) is 0.215. The molecule has 38 heavy (non-hydrogen) atoms. The number of aliphatic hydroxyl groups is 4. The van der Waals surface area contributed by atoms with E-state index in [0.29, 0.717) is 5.57 Å². The highest BCUT2D eigenvalue weighted by Gasteiger charge is 2.60. The number of aliphatic hydroxyl groups excluding tert-OH is 3. The molecule has 13 nitrogen and oxygen atoms in total. The lowest BCUT2D eigenvalue weighted by Crippen LogP contribution is -2.60. The largest absolute Gasteiger partial charge is 0.462 e. The summed E-state index contributed by atoms with van der Waals surface area (Å²) in [6, 6.07) is 0. The maximum Gasteiger partial charge on any atom is 0.309 e. The zero-order valence-electron chi connectivity index (χ0n) is 22.1. The Labute approximate surface area is 220 Å². The van der Waals surface area contributed by atoms with E-state index < -0.39 is 85.1 Å². The van der Waals surface area contributed by atoms with Crippen LogP contribution < -0.4 is 0 Å². The van der Waals surface area contributed by atoms with E-state index in [-0.39, 0.29) is 25.4 Å². The van der Waals surface area contributed by atoms with Gasteiger partial charge < -0.3 is 48.8 Å². The number of carbonyl (C=O) groups excluding carboxylic acids is 3. The minimum absolute atomic E-state index is 0.0385. The van der Waals surface area contributed by atoms with Gasteiger partial charge in [-0.1, -0.05) is 13.8 Å². The van der Waals surface area contributed by atoms with Crippen molar-refractivity contribution in [2.24, 2.45) is 17.8 Å². The summed E-state index contributed by atoms with van der Waals surface area (Å²) in [6.45, 7) is 6.70. The number of fused-ring (bicyclic) bond motifs is 1. The van der Waals surface area contributed by atoms with Crippen LogP contribution in [0.2, 0.25) is 0 Å². The van der Waals surface area contributed by atoms with Crippen LogP contribution in [0.5, 0.6) is 0 Å². The number of hydrogen-bond acceptors (Lipinski definition) is 13. The van der Waals surface area contributed by atoms with Gasteiger partial charge >= 0.3 is 17.9 Å². The Balaban J connectivity index is 1.83. The van der Waals surface area contributed by atoms with Gasteiger partial charge in [-0.2, -0.15) is 0 Å². The molecule has 216 valence electrons. The molecule has 4 N–H and O–H groups in total. The van der Waals surface area contributed by atoms with E-state index in [1.807, 2.05) is 13.8 Å². The monoisotopic (exact) mass is 546 g/mol. The maximum absolute atomic E-state index is 12.4. The Morgan fingerprint density at radius 3 is 2.32 bits per heavy atom. The van der Waals surface area contributed by atoms with E-state index >= 15 is 0 Å². The minimum atomic E-state index is -1.62. The third-order valence-corrected chi connectivity index (χ3v) is 7.02. The predicted molar refractivity (Wildman–Crippen MR) is 126 cm³/mol. The molecule has 0 bridgehead atoms. The molecule has 0 aromatic heterocycles. The first-order valence-electron chi connectivity index (χ1n) is 12.6. The fourth-order valence-electron chi connectivity index (χ4n) is 5.22. The zero-order valence-corrected chi connectivity index (χ0v) is 22.1. The molecule has 0 radical (unpaired) electrons. The summed E-state index contributed by atoms with van der Waals surface area (Å²) in [5, 5.41) is 41.5. The van der Waals surface area contributed by atoms with E-state index in [0.717, 1.165) is 6.92 Å². The first-order valence-corrected chi connectivity index (χ1v) is 12.6. The van der Waals surface area contributed by atoms with Crippen molar-refractivity contribution >= 4 is 17.9 Å². The molecule has 0 aromatic carbocycles. The van der Waals surface area contributed by atoms with Gasteiger partial charge in [0.05, 0.1) is 25.4 Å². The molecule has 2 aliphatic heterocycles. The van der Waals surface area contributed by atoms with Crippen LogP contribution in [0.3, 0.4) is 0 Å². The highest BCUT2D eigenvalue weighted by Crippen LogP contribution is 2.50. The third-order valence-electron chi connectivity index (χ3n) is 7.02. The number of ether oxygens (including phenoxy) is 6. The average molecular weight is 547 g/mol. The van der Waals surface area contributed by atoms with E-state index in [9.17, 15) is 34.8 Å². The summed E-state index contributed by atoms with van der Waals surface area (Å²) in [4.78, 5) is 35.7. The van der Waals surface area contributed by atoms with Crippen LogP contribution in [0.1, 0.15) is 47.5 Å². The standard InChI is InChI=1S/C25H38O13/c1-11(2)6-18(29)38-23-19-15(7-17(25(19,5)32)35-12(3)27)14(9-33-23)10-34-24-22(36-13(4)28)21(31)20(30)16(8-26)37-24/h9,11,15-17,19-24,26,30-32H,6-8,10H2,1-5H3/t15-,16-,17+,19-,20-,21+,22-,23+,24-,25-/m1/s1. The molecule has 0 spiro atoms. The Morgan fingerprint density at radius 2 is 1.74 bits per heavy atom. The van der Waals surface area contributed by atoms with Crippen LogP contribution in [0.15, 0.2) is 11.8 Å². The number of carbonyl (C=O) groups is 3. The summed E-state index contributed by atoms with van der Waals surface area (Å²) in [7, 11) is 0. The summed E-state index contributed by atoms with van der Waals surface area (Å²) < 4.78 is 33.1. The van der Waals surface area contributed by atoms with Gasteiger partial charge in [-0.25, -0.2) is 0 Å². The number of rotatable bonds is 9. The van der Waals surface area contributed by atoms with E-state index in [1.54, 1.807) is 0 Å². The first-order chi connectivity index (χ1) is 17.8. The van der Waals surface area contributed by atoms with Gasteiger partial charge in [0.25, 0.3) is 0 Å². The molecule has 13 heteroatoms. The molecular weight excluding hydrogens is 508 g/mol. The van der Waals surface area contributed by atoms with Crippen molar-refractivity contribution in [3.05, 3.63) is 11.8 Å². The topological polar surface area (TPSA) is 188 Å². The van der Waals surface area contributed by atoms with Crippen molar-refractivity contribution in [3.8, 4) is 0 Å². The normalized spacial score (nSPS) is 38.6. The second-order valence-corrected chi connectivity index (χ2v) is 10.6. The zero-order chi connectivity index (χ0) is 28.4. The average Bonchev–Trinajstić information content (AvgIpc) is 3.06. The van der Waals surface area contributed by atoms with Crippen molar-refractivity contribution < 1.29 is 63.2 Å². The number of hydrogen-bond donors (Lipinski definition) is 4. The smallest absolute Gasteiger partial charge is 0.309 e. The highest BCUT2D eigenvalue weighted by molar-refractivity contribution is 5.69. The molecule has 0 amide bonds. The van der Waals surface area contributed by atoms with Crippen molar-refractivity contribution in [3.63, 3.8) is 0 Å². The Morgan fingerprint density at radius 1 is 1.08 bits per heavy atom. The molecule has 1 aliphatic carbocycles. The van der Waals surface area contributed by atoms with E-state index in [1.165, 1.54) is 20.1 Å². The molecule has 1 saturated carbocycles. The van der Waals surface area contributed by atoms with E-state index in [2.05, 4.69) is 0 Å². The summed E-state index contributed by atoms with van der Waals surface area (Å²) >= 11 is 0. The van der Waals surface area contributed by atoms with Crippen LogP contribution in [-0.2, 0) is 42.8 Å². The second kappa shape index (κ2) is 12.3. The molecule has 3 aliphatic rings. The summed E-state index contributed by atoms with van der Waals surface area (Å²) in [5.74, 6) is -3.14. The minimum Gasteiger partial charge on any atom is -0.462 e.